The number of morpholine rings is 1. The molecule has 3 rings (SSSR count). The normalized spacial score (nSPS) is 26.9. The molecule has 0 unspecified atom stereocenters. The van der Waals surface area contributed by atoms with Gasteiger partial charge in [-0.25, -0.2) is 4.39 Å². The number of ether oxygens (including phenoxy) is 1. The maximum atomic E-state index is 14.0. The first kappa shape index (κ1) is 13.5. The van der Waals surface area contributed by atoms with Gasteiger partial charge in [0, 0.05) is 32.2 Å². The van der Waals surface area contributed by atoms with Crippen LogP contribution in [0.3, 0.4) is 0 Å². The molecule has 1 aromatic carbocycles. The smallest absolute Gasteiger partial charge is 0.144 e. The van der Waals surface area contributed by atoms with E-state index in [1.807, 2.05) is 12.1 Å². The van der Waals surface area contributed by atoms with Gasteiger partial charge in [-0.1, -0.05) is 6.07 Å². The molecule has 2 saturated heterocycles. The van der Waals surface area contributed by atoms with Crippen molar-refractivity contribution in [2.24, 2.45) is 0 Å². The maximum Gasteiger partial charge on any atom is 0.144 e. The van der Waals surface area contributed by atoms with Gasteiger partial charge in [-0.15, -0.1) is 0 Å². The van der Waals surface area contributed by atoms with Crippen molar-refractivity contribution in [1.29, 1.82) is 5.26 Å². The predicted molar refractivity (Wildman–Crippen MR) is 72.8 cm³/mol. The molecule has 1 aromatic rings. The van der Waals surface area contributed by atoms with Gasteiger partial charge in [0.2, 0.25) is 0 Å². The Morgan fingerprint density at radius 3 is 3.15 bits per heavy atom. The second-order valence-corrected chi connectivity index (χ2v) is 5.43. The van der Waals surface area contributed by atoms with E-state index in [1.54, 1.807) is 13.0 Å². The third kappa shape index (κ3) is 2.31. The number of piperazine rings is 1. The molecule has 20 heavy (non-hydrogen) atoms. The van der Waals surface area contributed by atoms with E-state index in [9.17, 15) is 4.39 Å². The van der Waals surface area contributed by atoms with Crippen LogP contribution in [0.4, 0.5) is 4.39 Å². The van der Waals surface area contributed by atoms with Crippen LogP contribution in [-0.4, -0.2) is 43.7 Å². The average molecular weight is 275 g/mol. The molecule has 0 bridgehead atoms. The summed E-state index contributed by atoms with van der Waals surface area (Å²) in [5.41, 5.74) is 1.49. The minimum Gasteiger partial charge on any atom is -0.370 e. The lowest BCUT2D eigenvalue weighted by Crippen LogP contribution is -2.57. The van der Waals surface area contributed by atoms with Crippen LogP contribution in [0.25, 0.3) is 0 Å². The standard InChI is InChI=1S/C15H18FN3O/c1-10-13(3-2-11(6-17)15(10)16)14-8-19-5-4-18-7-12(19)9-20-14/h2-3,12,14,18H,4-5,7-9H2,1H3/t12-,14+/m0/s1. The first-order valence-corrected chi connectivity index (χ1v) is 6.96. The molecule has 2 aliphatic heterocycles. The van der Waals surface area contributed by atoms with Crippen molar-refractivity contribution < 1.29 is 9.13 Å². The summed E-state index contributed by atoms with van der Waals surface area (Å²) in [4.78, 5) is 2.40. The van der Waals surface area contributed by atoms with Crippen molar-refractivity contribution >= 4 is 0 Å². The number of fused-ring (bicyclic) bond motifs is 1. The van der Waals surface area contributed by atoms with Crippen LogP contribution in [-0.2, 0) is 4.74 Å². The van der Waals surface area contributed by atoms with Crippen LogP contribution in [0.1, 0.15) is 22.8 Å². The molecule has 2 fully saturated rings. The Kier molecular flexibility index (Phi) is 3.70. The Labute approximate surface area is 118 Å². The Hall–Kier alpha value is -1.48. The van der Waals surface area contributed by atoms with E-state index in [2.05, 4.69) is 10.2 Å². The highest BCUT2D eigenvalue weighted by Gasteiger charge is 2.32. The monoisotopic (exact) mass is 275 g/mol. The van der Waals surface area contributed by atoms with E-state index in [1.165, 1.54) is 0 Å². The van der Waals surface area contributed by atoms with Crippen LogP contribution in [0.15, 0.2) is 12.1 Å². The van der Waals surface area contributed by atoms with Crippen molar-refractivity contribution in [3.05, 3.63) is 34.6 Å². The summed E-state index contributed by atoms with van der Waals surface area (Å²) in [5, 5.41) is 12.2. The molecule has 0 radical (unpaired) electrons. The van der Waals surface area contributed by atoms with Gasteiger partial charge >= 0.3 is 0 Å². The largest absolute Gasteiger partial charge is 0.370 e. The number of nitriles is 1. The fourth-order valence-corrected chi connectivity index (χ4v) is 3.02. The first-order chi connectivity index (χ1) is 9.70. The highest BCUT2D eigenvalue weighted by Crippen LogP contribution is 2.29. The topological polar surface area (TPSA) is 48.3 Å². The zero-order chi connectivity index (χ0) is 14.1. The number of nitrogens with one attached hydrogen (secondary N) is 1. The molecule has 0 saturated carbocycles. The number of rotatable bonds is 1. The lowest BCUT2D eigenvalue weighted by Gasteiger charge is -2.43. The number of benzene rings is 1. The molecule has 0 spiro atoms. The van der Waals surface area contributed by atoms with Crippen molar-refractivity contribution in [3.8, 4) is 6.07 Å². The van der Waals surface area contributed by atoms with Crippen molar-refractivity contribution in [1.82, 2.24) is 10.2 Å². The number of nitrogens with zero attached hydrogens (tertiary/aromatic N) is 2. The molecule has 2 aliphatic rings. The summed E-state index contributed by atoms with van der Waals surface area (Å²) in [7, 11) is 0. The number of halogens is 1. The molecule has 1 N–H and O–H groups in total. The second-order valence-electron chi connectivity index (χ2n) is 5.43. The molecule has 0 aromatic heterocycles. The minimum absolute atomic E-state index is 0.0992. The van der Waals surface area contributed by atoms with E-state index in [0.717, 1.165) is 31.7 Å². The van der Waals surface area contributed by atoms with Gasteiger partial charge in [-0.3, -0.25) is 4.90 Å². The minimum atomic E-state index is -0.420. The summed E-state index contributed by atoms with van der Waals surface area (Å²) < 4.78 is 20.0. The number of hydrogen-bond donors (Lipinski definition) is 1. The van der Waals surface area contributed by atoms with Crippen LogP contribution in [0.5, 0.6) is 0 Å². The van der Waals surface area contributed by atoms with E-state index in [0.29, 0.717) is 18.2 Å². The average Bonchev–Trinajstić information content (AvgIpc) is 2.49. The van der Waals surface area contributed by atoms with Gasteiger partial charge in [0.05, 0.1) is 18.3 Å². The summed E-state index contributed by atoms with van der Waals surface area (Å²) in [6.45, 7) is 6.12. The highest BCUT2D eigenvalue weighted by molar-refractivity contribution is 5.40. The molecule has 0 aliphatic carbocycles. The first-order valence-electron chi connectivity index (χ1n) is 6.96. The summed E-state index contributed by atoms with van der Waals surface area (Å²) >= 11 is 0. The quantitative estimate of drug-likeness (QED) is 0.840. The Morgan fingerprint density at radius 1 is 1.50 bits per heavy atom. The van der Waals surface area contributed by atoms with Crippen molar-refractivity contribution in [2.75, 3.05) is 32.8 Å². The van der Waals surface area contributed by atoms with Crippen LogP contribution < -0.4 is 5.32 Å². The lowest BCUT2D eigenvalue weighted by molar-refractivity contribution is -0.0721. The molecule has 2 atom stereocenters. The van der Waals surface area contributed by atoms with Gasteiger partial charge in [0.25, 0.3) is 0 Å². The van der Waals surface area contributed by atoms with Crippen LogP contribution >= 0.6 is 0 Å². The van der Waals surface area contributed by atoms with Gasteiger partial charge < -0.3 is 10.1 Å². The molecule has 4 nitrogen and oxygen atoms in total. The van der Waals surface area contributed by atoms with Gasteiger partial charge in [0.15, 0.2) is 0 Å². The molecule has 2 heterocycles. The van der Waals surface area contributed by atoms with Crippen molar-refractivity contribution in [3.63, 3.8) is 0 Å². The molecular weight excluding hydrogens is 257 g/mol. The predicted octanol–water partition coefficient (Wildman–Crippen LogP) is 1.35. The van der Waals surface area contributed by atoms with E-state index >= 15 is 0 Å². The zero-order valence-corrected chi connectivity index (χ0v) is 11.5. The highest BCUT2D eigenvalue weighted by atomic mass is 19.1. The summed E-state index contributed by atoms with van der Waals surface area (Å²) in [6, 6.07) is 5.67. The molecule has 5 heteroatoms. The van der Waals surface area contributed by atoms with E-state index in [4.69, 9.17) is 10.00 Å². The molecular formula is C15H18FN3O. The fourth-order valence-electron chi connectivity index (χ4n) is 3.02. The summed E-state index contributed by atoms with van der Waals surface area (Å²) in [6.07, 6.45) is -0.105. The SMILES string of the molecule is Cc1c([C@H]2CN3CCNC[C@H]3CO2)ccc(C#N)c1F. The van der Waals surface area contributed by atoms with Crippen LogP contribution in [0, 0.1) is 24.1 Å². The van der Waals surface area contributed by atoms with Crippen LogP contribution in [0.2, 0.25) is 0 Å². The maximum absolute atomic E-state index is 14.0. The fraction of sp³-hybridized carbons (Fsp3) is 0.533. The van der Waals surface area contributed by atoms with E-state index < -0.39 is 5.82 Å². The van der Waals surface area contributed by atoms with Gasteiger partial charge in [0.1, 0.15) is 11.9 Å². The van der Waals surface area contributed by atoms with Gasteiger partial charge in [-0.05, 0) is 24.1 Å². The van der Waals surface area contributed by atoms with E-state index in [-0.39, 0.29) is 11.7 Å². The third-order valence-corrected chi connectivity index (χ3v) is 4.26. The Morgan fingerprint density at radius 2 is 2.35 bits per heavy atom. The third-order valence-electron chi connectivity index (χ3n) is 4.26. The molecule has 0 amide bonds. The Bertz CT molecular complexity index is 555. The Balaban J connectivity index is 1.83. The number of hydrogen-bond acceptors (Lipinski definition) is 4. The van der Waals surface area contributed by atoms with Crippen molar-refractivity contribution in [2.45, 2.75) is 19.1 Å². The lowest BCUT2D eigenvalue weighted by atomic mass is 9.97. The van der Waals surface area contributed by atoms with Gasteiger partial charge in [-0.2, -0.15) is 5.26 Å². The summed E-state index contributed by atoms with van der Waals surface area (Å²) in [5.74, 6) is -0.420. The molecule has 106 valence electrons. The second kappa shape index (κ2) is 5.49. The zero-order valence-electron chi connectivity index (χ0n) is 11.5.